The fraction of sp³-hybridized carbons (Fsp3) is 0.300. The highest BCUT2D eigenvalue weighted by Gasteiger charge is 2.13. The van der Waals surface area contributed by atoms with Crippen molar-refractivity contribution in [1.82, 2.24) is 10.6 Å². The quantitative estimate of drug-likeness (QED) is 0.762. The first kappa shape index (κ1) is 19.3. The van der Waals surface area contributed by atoms with E-state index >= 15 is 0 Å². The largest absolute Gasteiger partial charge is 0.493 e. The molecule has 138 valence electrons. The van der Waals surface area contributed by atoms with Crippen LogP contribution in [-0.2, 0) is 11.3 Å². The molecule has 0 saturated carbocycles. The maximum absolute atomic E-state index is 12.2. The first-order valence-corrected chi connectivity index (χ1v) is 8.43. The van der Waals surface area contributed by atoms with Crippen LogP contribution < -0.4 is 20.1 Å². The van der Waals surface area contributed by atoms with Crippen LogP contribution in [0.25, 0.3) is 0 Å². The third kappa shape index (κ3) is 5.81. The van der Waals surface area contributed by atoms with Crippen molar-refractivity contribution in [1.29, 1.82) is 0 Å². The summed E-state index contributed by atoms with van der Waals surface area (Å²) >= 11 is 0. The average Bonchev–Trinajstić information content (AvgIpc) is 2.65. The molecule has 0 fully saturated rings. The van der Waals surface area contributed by atoms with Crippen LogP contribution in [0.15, 0.2) is 48.5 Å². The van der Waals surface area contributed by atoms with E-state index in [0.717, 1.165) is 5.56 Å². The minimum absolute atomic E-state index is 0.00288. The summed E-state index contributed by atoms with van der Waals surface area (Å²) in [7, 11) is 1.52. The van der Waals surface area contributed by atoms with Gasteiger partial charge in [-0.25, -0.2) is 0 Å². The van der Waals surface area contributed by atoms with E-state index in [-0.39, 0.29) is 24.5 Å². The number of hydrogen-bond acceptors (Lipinski definition) is 4. The Morgan fingerprint density at radius 3 is 2.38 bits per heavy atom. The fourth-order valence-electron chi connectivity index (χ4n) is 2.28. The van der Waals surface area contributed by atoms with Gasteiger partial charge in [0.25, 0.3) is 5.91 Å². The fourth-order valence-corrected chi connectivity index (χ4v) is 2.28. The lowest BCUT2D eigenvalue weighted by molar-refractivity contribution is -0.120. The monoisotopic (exact) mass is 356 g/mol. The van der Waals surface area contributed by atoms with Crippen molar-refractivity contribution in [2.45, 2.75) is 26.5 Å². The van der Waals surface area contributed by atoms with Crippen LogP contribution in [0, 0.1) is 0 Å². The molecule has 0 unspecified atom stereocenters. The van der Waals surface area contributed by atoms with Gasteiger partial charge in [0.05, 0.1) is 19.8 Å². The number of carbonyl (C=O) groups is 2. The molecule has 0 heterocycles. The summed E-state index contributed by atoms with van der Waals surface area (Å²) in [5.41, 5.74) is 1.39. The van der Waals surface area contributed by atoms with Crippen molar-refractivity contribution < 1.29 is 19.1 Å². The molecule has 2 aromatic carbocycles. The van der Waals surface area contributed by atoms with Crippen LogP contribution in [0.1, 0.15) is 29.8 Å². The Kier molecular flexibility index (Phi) is 7.02. The second-order valence-electron chi connectivity index (χ2n) is 5.98. The highest BCUT2D eigenvalue weighted by molar-refractivity contribution is 5.97. The number of methoxy groups -OCH3 is 1. The number of hydrogen-bond donors (Lipinski definition) is 2. The van der Waals surface area contributed by atoms with E-state index in [2.05, 4.69) is 10.6 Å². The third-order valence-corrected chi connectivity index (χ3v) is 3.53. The normalized spacial score (nSPS) is 10.3. The van der Waals surface area contributed by atoms with Crippen molar-refractivity contribution in [2.24, 2.45) is 0 Å². The summed E-state index contributed by atoms with van der Waals surface area (Å²) < 4.78 is 10.9. The molecule has 26 heavy (non-hydrogen) atoms. The maximum Gasteiger partial charge on any atom is 0.251 e. The zero-order valence-corrected chi connectivity index (χ0v) is 15.2. The Morgan fingerprint density at radius 2 is 1.73 bits per heavy atom. The highest BCUT2D eigenvalue weighted by atomic mass is 16.5. The minimum Gasteiger partial charge on any atom is -0.493 e. The summed E-state index contributed by atoms with van der Waals surface area (Å²) in [4.78, 5) is 24.1. The SMILES string of the molecule is COc1cc(C(=O)NCC(=O)NCc2ccccc2)ccc1OC(C)C. The van der Waals surface area contributed by atoms with Crippen molar-refractivity contribution in [3.05, 3.63) is 59.7 Å². The number of amides is 2. The van der Waals surface area contributed by atoms with Crippen LogP contribution in [0.4, 0.5) is 0 Å². The van der Waals surface area contributed by atoms with E-state index in [1.54, 1.807) is 18.2 Å². The summed E-state index contributed by atoms with van der Waals surface area (Å²) in [6, 6.07) is 14.5. The average molecular weight is 356 g/mol. The van der Waals surface area contributed by atoms with Gasteiger partial charge in [-0.15, -0.1) is 0 Å². The molecule has 2 amide bonds. The molecule has 0 aliphatic carbocycles. The van der Waals surface area contributed by atoms with Crippen LogP contribution in [0.3, 0.4) is 0 Å². The molecule has 2 N–H and O–H groups in total. The van der Waals surface area contributed by atoms with E-state index in [1.165, 1.54) is 7.11 Å². The molecule has 0 spiro atoms. The van der Waals surface area contributed by atoms with Crippen molar-refractivity contribution in [2.75, 3.05) is 13.7 Å². The van der Waals surface area contributed by atoms with Gasteiger partial charge in [0.1, 0.15) is 0 Å². The molecule has 0 aliphatic rings. The van der Waals surface area contributed by atoms with E-state index in [4.69, 9.17) is 9.47 Å². The van der Waals surface area contributed by atoms with Gasteiger partial charge in [-0.2, -0.15) is 0 Å². The first-order valence-electron chi connectivity index (χ1n) is 8.43. The number of benzene rings is 2. The molecule has 2 aromatic rings. The Hall–Kier alpha value is -3.02. The molecule has 0 bridgehead atoms. The van der Waals surface area contributed by atoms with E-state index in [1.807, 2.05) is 44.2 Å². The standard InChI is InChI=1S/C20H24N2O4/c1-14(2)26-17-10-9-16(11-18(17)25-3)20(24)22-13-19(23)21-12-15-7-5-4-6-8-15/h4-11,14H,12-13H2,1-3H3,(H,21,23)(H,22,24). The van der Waals surface area contributed by atoms with Crippen LogP contribution in [0.2, 0.25) is 0 Å². The van der Waals surface area contributed by atoms with Gasteiger partial charge in [0.15, 0.2) is 11.5 Å². The van der Waals surface area contributed by atoms with Gasteiger partial charge in [-0.1, -0.05) is 30.3 Å². The zero-order chi connectivity index (χ0) is 18.9. The molecular weight excluding hydrogens is 332 g/mol. The maximum atomic E-state index is 12.2. The molecule has 2 rings (SSSR count). The summed E-state index contributed by atoms with van der Waals surface area (Å²) in [6.45, 7) is 4.14. The summed E-state index contributed by atoms with van der Waals surface area (Å²) in [5.74, 6) is 0.433. The molecule has 0 aliphatic heterocycles. The predicted octanol–water partition coefficient (Wildman–Crippen LogP) is 2.53. The van der Waals surface area contributed by atoms with Crippen molar-refractivity contribution >= 4 is 11.8 Å². The molecule has 0 saturated heterocycles. The van der Waals surface area contributed by atoms with Crippen molar-refractivity contribution in [3.8, 4) is 11.5 Å². The Bertz CT molecular complexity index is 745. The van der Waals surface area contributed by atoms with Gasteiger partial charge in [-0.05, 0) is 37.6 Å². The lowest BCUT2D eigenvalue weighted by Crippen LogP contribution is -2.36. The summed E-state index contributed by atoms with van der Waals surface area (Å²) in [5, 5.41) is 5.36. The lowest BCUT2D eigenvalue weighted by atomic mass is 10.2. The predicted molar refractivity (Wildman–Crippen MR) is 99.4 cm³/mol. The Balaban J connectivity index is 1.87. The van der Waals surface area contributed by atoms with Gasteiger partial charge < -0.3 is 20.1 Å². The molecule has 6 heteroatoms. The molecule has 6 nitrogen and oxygen atoms in total. The molecular formula is C20H24N2O4. The Morgan fingerprint density at radius 1 is 1.00 bits per heavy atom. The van der Waals surface area contributed by atoms with Gasteiger partial charge >= 0.3 is 0 Å². The summed E-state index contributed by atoms with van der Waals surface area (Å²) in [6.07, 6.45) is -0.00288. The number of rotatable bonds is 8. The van der Waals surface area contributed by atoms with Gasteiger partial charge in [-0.3, -0.25) is 9.59 Å². The zero-order valence-electron chi connectivity index (χ0n) is 15.2. The highest BCUT2D eigenvalue weighted by Crippen LogP contribution is 2.28. The minimum atomic E-state index is -0.353. The first-order chi connectivity index (χ1) is 12.5. The molecule has 0 atom stereocenters. The number of nitrogens with one attached hydrogen (secondary N) is 2. The second kappa shape index (κ2) is 9.46. The lowest BCUT2D eigenvalue weighted by Gasteiger charge is -2.14. The number of ether oxygens (including phenoxy) is 2. The van der Waals surface area contributed by atoms with E-state index < -0.39 is 0 Å². The third-order valence-electron chi connectivity index (χ3n) is 3.53. The van der Waals surface area contributed by atoms with Crippen LogP contribution >= 0.6 is 0 Å². The van der Waals surface area contributed by atoms with Crippen LogP contribution in [0.5, 0.6) is 11.5 Å². The molecule has 0 radical (unpaired) electrons. The second-order valence-corrected chi connectivity index (χ2v) is 5.98. The smallest absolute Gasteiger partial charge is 0.251 e. The number of carbonyl (C=O) groups excluding carboxylic acids is 2. The van der Waals surface area contributed by atoms with Crippen LogP contribution in [-0.4, -0.2) is 31.6 Å². The van der Waals surface area contributed by atoms with Crippen molar-refractivity contribution in [3.63, 3.8) is 0 Å². The van der Waals surface area contributed by atoms with E-state index in [9.17, 15) is 9.59 Å². The topological polar surface area (TPSA) is 76.7 Å². The molecule has 0 aromatic heterocycles. The van der Waals surface area contributed by atoms with E-state index in [0.29, 0.717) is 23.6 Å². The Labute approximate surface area is 153 Å². The van der Waals surface area contributed by atoms with Gasteiger partial charge in [0.2, 0.25) is 5.91 Å². The van der Waals surface area contributed by atoms with Gasteiger partial charge in [0, 0.05) is 12.1 Å².